The van der Waals surface area contributed by atoms with Crippen LogP contribution in [0.2, 0.25) is 0 Å². The molecule has 0 saturated heterocycles. The molecule has 0 aliphatic carbocycles. The van der Waals surface area contributed by atoms with E-state index in [0.29, 0.717) is 0 Å². The lowest BCUT2D eigenvalue weighted by molar-refractivity contribution is 0.401. The van der Waals surface area contributed by atoms with Crippen molar-refractivity contribution < 1.29 is 0 Å². The quantitative estimate of drug-likeness (QED) is 0.175. The van der Waals surface area contributed by atoms with Crippen LogP contribution in [-0.4, -0.2) is 17.7 Å². The molecule has 7 heterocycles. The van der Waals surface area contributed by atoms with Crippen LogP contribution >= 0.6 is 0 Å². The first-order chi connectivity index (χ1) is 38.2. The van der Waals surface area contributed by atoms with Crippen LogP contribution in [0.3, 0.4) is 0 Å². The first-order valence-electron chi connectivity index (χ1n) is 29.6. The predicted molar refractivity (Wildman–Crippen MR) is 337 cm³/mol. The third-order valence-electron chi connectivity index (χ3n) is 21.2. The van der Waals surface area contributed by atoms with E-state index in [1.54, 1.807) is 0 Å². The minimum atomic E-state index is -0.229. The topological polar surface area (TPSA) is 14.7 Å². The van der Waals surface area contributed by atoms with Crippen molar-refractivity contribution in [1.29, 1.82) is 0 Å². The Labute approximate surface area is 473 Å². The van der Waals surface area contributed by atoms with Crippen molar-refractivity contribution >= 4 is 61.6 Å². The molecule has 0 bridgehead atoms. The number of benzene rings is 9. The van der Waals surface area contributed by atoms with Crippen LogP contribution in [0.15, 0.2) is 170 Å². The van der Waals surface area contributed by atoms with E-state index in [2.05, 4.69) is 272 Å². The number of nitrogens with zero attached hydrogens (tertiary/aromatic N) is 4. The van der Waals surface area contributed by atoms with Crippen LogP contribution in [0.4, 0.5) is 39.8 Å². The SMILES string of the molecule is CC1(C)CCN2CCC(C)(C)c3cc(-n4c5ccc(-c6cc7c8c(c6)C(C)(C)c6ccccc6N8c6ccccc6C7(C)C)cc5c5cc(-c6cc7c8c(c6)C(C)(C)c6ccccc6N8c6ccccc6C7(C)C)ccc54)cc1c32. The Bertz CT molecular complexity index is 3960. The third-order valence-corrected chi connectivity index (χ3v) is 21.2. The Balaban J connectivity index is 0.956. The molecule has 10 aromatic rings. The molecule has 0 N–H and O–H groups in total. The van der Waals surface area contributed by atoms with Gasteiger partial charge in [-0.25, -0.2) is 0 Å². The van der Waals surface area contributed by atoms with Crippen molar-refractivity contribution in [3.63, 3.8) is 0 Å². The van der Waals surface area contributed by atoms with Crippen molar-refractivity contribution in [3.05, 3.63) is 225 Å². The molecular weight excluding hydrogens is 969 g/mol. The summed E-state index contributed by atoms with van der Waals surface area (Å²) in [5.74, 6) is 0. The highest BCUT2D eigenvalue weighted by Gasteiger charge is 2.48. The molecule has 0 radical (unpaired) electrons. The molecule has 0 atom stereocenters. The van der Waals surface area contributed by atoms with Crippen LogP contribution in [0.25, 0.3) is 49.7 Å². The molecule has 396 valence electrons. The van der Waals surface area contributed by atoms with Crippen molar-refractivity contribution in [2.24, 2.45) is 0 Å². The summed E-state index contributed by atoms with van der Waals surface area (Å²) >= 11 is 0. The maximum absolute atomic E-state index is 2.70. The number of hydrogen-bond donors (Lipinski definition) is 0. The largest absolute Gasteiger partial charge is 0.371 e. The van der Waals surface area contributed by atoms with Crippen molar-refractivity contribution in [3.8, 4) is 27.9 Å². The van der Waals surface area contributed by atoms with Gasteiger partial charge in [-0.2, -0.15) is 0 Å². The van der Waals surface area contributed by atoms with Gasteiger partial charge in [0.1, 0.15) is 0 Å². The molecule has 6 aliphatic rings. The van der Waals surface area contributed by atoms with E-state index >= 15 is 0 Å². The number of para-hydroxylation sites is 4. The normalized spacial score (nSPS) is 19.1. The lowest BCUT2D eigenvalue weighted by Crippen LogP contribution is -2.44. The summed E-state index contributed by atoms with van der Waals surface area (Å²) in [5.41, 5.74) is 31.2. The maximum atomic E-state index is 2.70. The average Bonchev–Trinajstić information content (AvgIpc) is 3.95. The average molecular weight is 1040 g/mol. The number of rotatable bonds is 3. The molecule has 0 fully saturated rings. The van der Waals surface area contributed by atoms with E-state index < -0.39 is 0 Å². The highest BCUT2D eigenvalue weighted by Crippen LogP contribution is 2.63. The van der Waals surface area contributed by atoms with Crippen LogP contribution in [0.1, 0.15) is 152 Å². The lowest BCUT2D eigenvalue weighted by atomic mass is 9.65. The van der Waals surface area contributed by atoms with E-state index in [1.165, 1.54) is 145 Å². The number of aromatic nitrogens is 1. The fourth-order valence-electron chi connectivity index (χ4n) is 16.3. The predicted octanol–water partition coefficient (Wildman–Crippen LogP) is 19.8. The summed E-state index contributed by atoms with van der Waals surface area (Å²) in [6.07, 6.45) is 2.31. The Morgan fingerprint density at radius 2 is 0.625 bits per heavy atom. The van der Waals surface area contributed by atoms with Gasteiger partial charge >= 0.3 is 0 Å². The molecule has 4 heteroatoms. The smallest absolute Gasteiger partial charge is 0.0544 e. The van der Waals surface area contributed by atoms with E-state index in [0.717, 1.165) is 25.9 Å². The van der Waals surface area contributed by atoms with Crippen molar-refractivity contribution in [2.75, 3.05) is 27.8 Å². The number of fused-ring (bicyclic) bond motifs is 11. The van der Waals surface area contributed by atoms with Gasteiger partial charge in [0.2, 0.25) is 0 Å². The third kappa shape index (κ3) is 6.12. The molecule has 80 heavy (non-hydrogen) atoms. The highest BCUT2D eigenvalue weighted by atomic mass is 15.2. The van der Waals surface area contributed by atoms with Gasteiger partial charge in [-0.15, -0.1) is 0 Å². The summed E-state index contributed by atoms with van der Waals surface area (Å²) in [5, 5.41) is 2.56. The Hall–Kier alpha value is -7.82. The molecule has 16 rings (SSSR count). The molecule has 4 nitrogen and oxygen atoms in total. The highest BCUT2D eigenvalue weighted by molar-refractivity contribution is 6.12. The summed E-state index contributed by atoms with van der Waals surface area (Å²) < 4.78 is 2.62. The first kappa shape index (κ1) is 48.1. The summed E-state index contributed by atoms with van der Waals surface area (Å²) in [6.45, 7) is 31.7. The Morgan fingerprint density at radius 1 is 0.300 bits per heavy atom. The van der Waals surface area contributed by atoms with Gasteiger partial charge in [0.25, 0.3) is 0 Å². The van der Waals surface area contributed by atoms with Gasteiger partial charge in [-0.05, 0) is 186 Å². The number of anilines is 7. The zero-order valence-corrected chi connectivity index (χ0v) is 48.8. The second-order valence-electron chi connectivity index (χ2n) is 28.0. The zero-order valence-electron chi connectivity index (χ0n) is 48.8. The first-order valence-corrected chi connectivity index (χ1v) is 29.6. The second-order valence-corrected chi connectivity index (χ2v) is 28.0. The zero-order chi connectivity index (χ0) is 54.9. The molecule has 0 spiro atoms. The van der Waals surface area contributed by atoms with Gasteiger partial charge in [0.05, 0.1) is 45.2 Å². The van der Waals surface area contributed by atoms with E-state index in [4.69, 9.17) is 0 Å². The monoisotopic (exact) mass is 1040 g/mol. The molecular formula is C76H72N4. The van der Waals surface area contributed by atoms with E-state index in [1.807, 2.05) is 0 Å². The molecule has 0 unspecified atom stereocenters. The fraction of sp³-hybridized carbons (Fsp3) is 0.289. The van der Waals surface area contributed by atoms with E-state index in [-0.39, 0.29) is 32.5 Å². The van der Waals surface area contributed by atoms with Crippen LogP contribution in [0.5, 0.6) is 0 Å². The minimum Gasteiger partial charge on any atom is -0.371 e. The number of hydrogen-bond acceptors (Lipinski definition) is 3. The van der Waals surface area contributed by atoms with Crippen molar-refractivity contribution in [1.82, 2.24) is 4.57 Å². The van der Waals surface area contributed by atoms with E-state index in [9.17, 15) is 0 Å². The Morgan fingerprint density at radius 3 is 0.963 bits per heavy atom. The van der Waals surface area contributed by atoms with Crippen LogP contribution in [0, 0.1) is 0 Å². The van der Waals surface area contributed by atoms with Crippen molar-refractivity contribution in [2.45, 2.75) is 128 Å². The van der Waals surface area contributed by atoms with Gasteiger partial charge < -0.3 is 19.3 Å². The minimum absolute atomic E-state index is 0.0545. The Kier molecular flexibility index (Phi) is 9.35. The molecule has 0 saturated carbocycles. The maximum Gasteiger partial charge on any atom is 0.0544 e. The van der Waals surface area contributed by atoms with Gasteiger partial charge in [0, 0.05) is 56.9 Å². The van der Waals surface area contributed by atoms with Gasteiger partial charge in [0.15, 0.2) is 0 Å². The molecule has 9 aromatic carbocycles. The molecule has 0 amide bonds. The summed E-state index contributed by atoms with van der Waals surface area (Å²) in [4.78, 5) is 7.85. The lowest BCUT2D eigenvalue weighted by Gasteiger charge is -2.49. The second kappa shape index (κ2) is 15.5. The standard InChI is InChI=1S/C76H72N4/c1-71(2)33-35-77-36-34-72(3,4)57-44-49(43-56(71)68(57)77)78-62-31-29-45(47-39-58-69-59(40-47)74(7,8)53-22-14-18-26-65(53)79(69)64-25-17-13-21-52(64)73(58,5)6)37-50(62)51-38-46(30-32-63(51)78)48-41-60-70-61(42-48)76(11,12)55-24-16-20-28-67(55)80(70)66-27-19-15-23-54(66)75(60,9)10/h13-32,37-44H,33-36H2,1-12H3. The van der Waals surface area contributed by atoms with Gasteiger partial charge in [-0.3, -0.25) is 0 Å². The summed E-state index contributed by atoms with van der Waals surface area (Å²) in [7, 11) is 0. The van der Waals surface area contributed by atoms with Crippen LogP contribution in [-0.2, 0) is 32.5 Å². The fourth-order valence-corrected chi connectivity index (χ4v) is 16.3. The summed E-state index contributed by atoms with van der Waals surface area (Å²) in [6, 6.07) is 66.6. The van der Waals surface area contributed by atoms with Crippen LogP contribution < -0.4 is 14.7 Å². The molecule has 6 aliphatic heterocycles. The van der Waals surface area contributed by atoms with Gasteiger partial charge in [-0.1, -0.05) is 168 Å². The molecule has 1 aromatic heterocycles.